The largest absolute Gasteiger partial charge is 0.373 e. The molecule has 3 aromatic carbocycles. The summed E-state index contributed by atoms with van der Waals surface area (Å²) in [4.78, 5) is 22.1. The van der Waals surface area contributed by atoms with Gasteiger partial charge in [0, 0.05) is 113 Å². The lowest BCUT2D eigenvalue weighted by atomic mass is 10.1. The monoisotopic (exact) mass is 978 g/mol. The standard InChI is InChI=1S/C15H13N3S.C10H9BrN2.C9H5Br2N.C5H5NS.CH5N.3CH4/c1-16-15-13-5-3-2-4-12(13)14(10-18-15)19-11-6-8-17-9-7-11;1-12-10-8-5-3-2-4-7(8)9(11)6-13-10;10-8-5-12-9(11)7-4-2-1-3-6(7)8;7-5-1-3-6-4-2-5;1-2;;;/h2-10H,1H3,(H,16,18);2-6H,1H3,(H,12,13);1-5H;1-4H,(H,6,7);2H2,1H3;3*1H4. The van der Waals surface area contributed by atoms with Crippen molar-refractivity contribution in [3.63, 3.8) is 0 Å². The third-order valence-corrected chi connectivity index (χ3v) is 10.5. The van der Waals surface area contributed by atoms with Crippen LogP contribution in [0.4, 0.5) is 11.6 Å². The molecule has 0 saturated carbocycles. The van der Waals surface area contributed by atoms with Gasteiger partial charge in [-0.15, -0.1) is 0 Å². The van der Waals surface area contributed by atoms with Crippen LogP contribution < -0.4 is 16.4 Å². The van der Waals surface area contributed by atoms with Crippen LogP contribution in [0, 0.1) is 4.51 Å². The quantitative estimate of drug-likeness (QED) is 0.101. The van der Waals surface area contributed by atoms with Crippen molar-refractivity contribution in [2.75, 3.05) is 31.8 Å². The van der Waals surface area contributed by atoms with E-state index in [1.807, 2.05) is 99.5 Å². The molecule has 0 fully saturated rings. The van der Waals surface area contributed by atoms with Gasteiger partial charge >= 0.3 is 0 Å². The summed E-state index contributed by atoms with van der Waals surface area (Å²) in [5.74, 6) is 1.83. The summed E-state index contributed by atoms with van der Waals surface area (Å²) >= 11 is 16.8. The topological polar surface area (TPSA) is 117 Å². The lowest BCUT2D eigenvalue weighted by Gasteiger charge is -2.09. The highest BCUT2D eigenvalue weighted by atomic mass is 79.9. The number of hydrogen-bond donors (Lipinski definition) is 4. The second kappa shape index (κ2) is 26.6. The van der Waals surface area contributed by atoms with Gasteiger partial charge < -0.3 is 21.4 Å². The van der Waals surface area contributed by atoms with E-state index < -0.39 is 0 Å². The van der Waals surface area contributed by atoms with Gasteiger partial charge in [0.25, 0.3) is 0 Å². The van der Waals surface area contributed by atoms with Crippen molar-refractivity contribution in [3.8, 4) is 0 Å². The summed E-state index contributed by atoms with van der Waals surface area (Å²) in [6, 6.07) is 32.3. The predicted molar refractivity (Wildman–Crippen MR) is 258 cm³/mol. The molecule has 5 aromatic heterocycles. The Hall–Kier alpha value is -4.24. The molecule has 8 rings (SSSR count). The van der Waals surface area contributed by atoms with Crippen molar-refractivity contribution >= 4 is 116 Å². The minimum Gasteiger partial charge on any atom is -0.373 e. The van der Waals surface area contributed by atoms with Crippen LogP contribution in [0.15, 0.2) is 164 Å². The summed E-state index contributed by atoms with van der Waals surface area (Å²) in [5, 5.41) is 13.2. The number of benzene rings is 3. The number of H-pyrrole nitrogens is 1. The van der Waals surface area contributed by atoms with Crippen LogP contribution in [-0.2, 0) is 0 Å². The molecule has 0 saturated heterocycles. The third kappa shape index (κ3) is 14.1. The number of halogens is 3. The summed E-state index contributed by atoms with van der Waals surface area (Å²) < 4.78 is 3.82. The molecule has 0 unspecified atom stereocenters. The number of fused-ring (bicyclic) bond motifs is 3. The Morgan fingerprint density at radius 3 is 1.48 bits per heavy atom. The van der Waals surface area contributed by atoms with Crippen LogP contribution >= 0.6 is 71.8 Å². The summed E-state index contributed by atoms with van der Waals surface area (Å²) in [5.41, 5.74) is 4.50. The molecule has 56 heavy (non-hydrogen) atoms. The maximum absolute atomic E-state index is 4.79. The number of aromatic nitrogens is 5. The highest BCUT2D eigenvalue weighted by molar-refractivity contribution is 9.11. The summed E-state index contributed by atoms with van der Waals surface area (Å²) in [6.07, 6.45) is 12.8. The highest BCUT2D eigenvalue weighted by Crippen LogP contribution is 2.35. The fraction of sp³-hybridized carbons (Fsp3) is 0.140. The van der Waals surface area contributed by atoms with E-state index in [2.05, 4.69) is 125 Å². The van der Waals surface area contributed by atoms with Gasteiger partial charge in [-0.3, -0.25) is 4.98 Å². The molecule has 0 radical (unpaired) electrons. The summed E-state index contributed by atoms with van der Waals surface area (Å²) in [7, 11) is 5.27. The molecule has 0 spiro atoms. The van der Waals surface area contributed by atoms with Gasteiger partial charge in [0.05, 0.1) is 0 Å². The molecule has 0 aliphatic rings. The molecular weight excluding hydrogens is 932 g/mol. The summed E-state index contributed by atoms with van der Waals surface area (Å²) in [6.45, 7) is 0. The molecule has 0 amide bonds. The van der Waals surface area contributed by atoms with E-state index in [4.69, 9.17) is 12.2 Å². The second-order valence-corrected chi connectivity index (χ2v) is 14.5. The van der Waals surface area contributed by atoms with Crippen LogP contribution in [0.25, 0.3) is 32.3 Å². The molecule has 0 bridgehead atoms. The fourth-order valence-electron chi connectivity index (χ4n) is 4.83. The second-order valence-electron chi connectivity index (χ2n) is 10.5. The van der Waals surface area contributed by atoms with Crippen molar-refractivity contribution in [2.45, 2.75) is 32.1 Å². The average Bonchev–Trinajstić information content (AvgIpc) is 3.22. The number of nitrogens with one attached hydrogen (secondary N) is 3. The minimum absolute atomic E-state index is 0. The maximum Gasteiger partial charge on any atom is 0.133 e. The smallest absolute Gasteiger partial charge is 0.133 e. The van der Waals surface area contributed by atoms with Gasteiger partial charge in [0.2, 0.25) is 0 Å². The molecule has 13 heteroatoms. The molecule has 0 aliphatic heterocycles. The van der Waals surface area contributed by atoms with Gasteiger partial charge in [-0.1, -0.05) is 119 Å². The van der Waals surface area contributed by atoms with Gasteiger partial charge in [0.1, 0.15) is 16.2 Å². The number of hydrogen-bond acceptors (Lipinski definition) is 9. The minimum atomic E-state index is 0. The zero-order valence-corrected chi connectivity index (χ0v) is 35.5. The van der Waals surface area contributed by atoms with E-state index in [1.165, 1.54) is 28.1 Å². The molecule has 0 atom stereocenters. The highest BCUT2D eigenvalue weighted by Gasteiger charge is 2.07. The first kappa shape index (κ1) is 49.8. The number of anilines is 2. The number of aromatic amines is 1. The van der Waals surface area contributed by atoms with Crippen LogP contribution in [0.2, 0.25) is 0 Å². The molecule has 5 N–H and O–H groups in total. The Balaban J connectivity index is 0.000000378. The van der Waals surface area contributed by atoms with E-state index in [0.717, 1.165) is 50.7 Å². The zero-order valence-electron chi connectivity index (χ0n) is 29.1. The van der Waals surface area contributed by atoms with Crippen molar-refractivity contribution in [1.29, 1.82) is 0 Å². The van der Waals surface area contributed by atoms with Crippen LogP contribution in [0.3, 0.4) is 0 Å². The zero-order chi connectivity index (χ0) is 38.0. The van der Waals surface area contributed by atoms with E-state index in [0.29, 0.717) is 0 Å². The first-order chi connectivity index (χ1) is 25.9. The maximum atomic E-state index is 4.79. The molecular formula is C43H49Br3N8S2. The molecule has 0 aliphatic carbocycles. The fourth-order valence-corrected chi connectivity index (χ4v) is 7.22. The van der Waals surface area contributed by atoms with Crippen LogP contribution in [-0.4, -0.2) is 46.1 Å². The first-order valence-electron chi connectivity index (χ1n) is 16.1. The molecule has 5 heterocycles. The molecule has 8 aromatic rings. The normalized spacial score (nSPS) is 9.41. The Morgan fingerprint density at radius 2 is 1.00 bits per heavy atom. The SMILES string of the molecule is Brc1cnc(Br)c2ccccc12.C.C.C.CN.CNc1ncc(Br)c2ccccc12.CNc1ncc(Sc2ccncc2)c2ccccc12.S=c1cc[nH]cc1. The van der Waals surface area contributed by atoms with E-state index in [-0.39, 0.29) is 22.3 Å². The van der Waals surface area contributed by atoms with Crippen LogP contribution in [0.1, 0.15) is 22.3 Å². The van der Waals surface area contributed by atoms with Crippen molar-refractivity contribution < 1.29 is 0 Å². The third-order valence-electron chi connectivity index (χ3n) is 7.24. The van der Waals surface area contributed by atoms with Crippen molar-refractivity contribution in [1.82, 2.24) is 24.9 Å². The Labute approximate surface area is 366 Å². The van der Waals surface area contributed by atoms with Gasteiger partial charge in [0.15, 0.2) is 0 Å². The lowest BCUT2D eigenvalue weighted by Crippen LogP contribution is -1.94. The molecule has 294 valence electrons. The van der Waals surface area contributed by atoms with E-state index in [1.54, 1.807) is 30.4 Å². The number of rotatable bonds is 4. The van der Waals surface area contributed by atoms with Gasteiger partial charge in [-0.05, 0) is 79.1 Å². The van der Waals surface area contributed by atoms with Crippen molar-refractivity contribution in [3.05, 3.63) is 158 Å². The number of nitrogens with two attached hydrogens (primary N) is 1. The van der Waals surface area contributed by atoms with Crippen molar-refractivity contribution in [2.24, 2.45) is 5.73 Å². The van der Waals surface area contributed by atoms with Crippen LogP contribution in [0.5, 0.6) is 0 Å². The average molecular weight is 982 g/mol. The van der Waals surface area contributed by atoms with E-state index in [9.17, 15) is 0 Å². The Morgan fingerprint density at radius 1 is 0.571 bits per heavy atom. The first-order valence-corrected chi connectivity index (χ1v) is 19.7. The van der Waals surface area contributed by atoms with E-state index >= 15 is 0 Å². The number of nitrogens with zero attached hydrogens (tertiary/aromatic N) is 4. The predicted octanol–water partition coefficient (Wildman–Crippen LogP) is 13.8. The number of pyridine rings is 5. The lowest BCUT2D eigenvalue weighted by molar-refractivity contribution is 1.24. The van der Waals surface area contributed by atoms with Gasteiger partial charge in [-0.25, -0.2) is 15.0 Å². The van der Waals surface area contributed by atoms with Gasteiger partial charge in [-0.2, -0.15) is 0 Å². The Bertz CT molecular complexity index is 2360. The molecule has 8 nitrogen and oxygen atoms in total. The Kier molecular flexibility index (Phi) is 23.6.